The summed E-state index contributed by atoms with van der Waals surface area (Å²) in [4.78, 5) is 20.2. The molecule has 0 radical (unpaired) electrons. The van der Waals surface area contributed by atoms with Gasteiger partial charge in [0.2, 0.25) is 0 Å². The van der Waals surface area contributed by atoms with Crippen LogP contribution in [0.2, 0.25) is 0 Å². The summed E-state index contributed by atoms with van der Waals surface area (Å²) in [5, 5.41) is 13.3. The Labute approximate surface area is 183 Å². The molecular formula is C23H23F3N4O2. The van der Waals surface area contributed by atoms with Gasteiger partial charge in [-0.25, -0.2) is 9.78 Å². The van der Waals surface area contributed by atoms with Crippen molar-refractivity contribution in [1.82, 2.24) is 9.88 Å². The topological polar surface area (TPSA) is 68.7 Å². The van der Waals surface area contributed by atoms with Crippen molar-refractivity contribution in [3.8, 4) is 0 Å². The number of carbonyl (C=O) groups is 1. The van der Waals surface area contributed by atoms with Crippen LogP contribution in [0.5, 0.6) is 0 Å². The van der Waals surface area contributed by atoms with Crippen molar-refractivity contribution in [2.45, 2.75) is 6.18 Å². The van der Waals surface area contributed by atoms with Crippen LogP contribution in [0.3, 0.4) is 0 Å². The van der Waals surface area contributed by atoms with Crippen molar-refractivity contribution in [2.24, 2.45) is 0 Å². The van der Waals surface area contributed by atoms with E-state index in [-0.39, 0.29) is 5.56 Å². The number of carboxylic acid groups (broad SMARTS) is 1. The Balaban J connectivity index is 1.32. The fraction of sp³-hybridized carbons (Fsp3) is 0.304. The Kier molecular flexibility index (Phi) is 6.18. The van der Waals surface area contributed by atoms with Gasteiger partial charge in [-0.2, -0.15) is 13.2 Å². The minimum Gasteiger partial charge on any atom is -0.478 e. The molecule has 0 unspecified atom stereocenters. The van der Waals surface area contributed by atoms with E-state index in [1.165, 1.54) is 18.2 Å². The molecule has 0 aliphatic carbocycles. The lowest BCUT2D eigenvalue weighted by molar-refractivity contribution is -0.137. The van der Waals surface area contributed by atoms with E-state index >= 15 is 0 Å². The Morgan fingerprint density at radius 3 is 2.50 bits per heavy atom. The molecule has 2 aromatic carbocycles. The predicted molar refractivity (Wildman–Crippen MR) is 117 cm³/mol. The lowest BCUT2D eigenvalue weighted by Gasteiger charge is -2.36. The van der Waals surface area contributed by atoms with Crippen LogP contribution in [-0.2, 0) is 6.18 Å². The molecule has 6 nitrogen and oxygen atoms in total. The molecule has 9 heteroatoms. The maximum absolute atomic E-state index is 13.0. The van der Waals surface area contributed by atoms with Crippen molar-refractivity contribution in [2.75, 3.05) is 49.5 Å². The number of nitrogens with one attached hydrogen (secondary N) is 1. The first kappa shape index (κ1) is 21.9. The lowest BCUT2D eigenvalue weighted by Crippen LogP contribution is -2.47. The molecule has 2 heterocycles. The normalized spacial score (nSPS) is 15.2. The summed E-state index contributed by atoms with van der Waals surface area (Å²) in [5.74, 6) is -0.499. The maximum Gasteiger partial charge on any atom is 0.416 e. The molecule has 0 amide bonds. The van der Waals surface area contributed by atoms with Crippen molar-refractivity contribution in [3.63, 3.8) is 0 Å². The average Bonchev–Trinajstić information content (AvgIpc) is 2.78. The summed E-state index contributed by atoms with van der Waals surface area (Å²) in [6.45, 7) is 4.02. The number of para-hydroxylation sites is 1. The predicted octanol–water partition coefficient (Wildman–Crippen LogP) is 4.19. The summed E-state index contributed by atoms with van der Waals surface area (Å²) in [6.07, 6.45) is -4.35. The molecule has 0 spiro atoms. The molecule has 1 aliphatic heterocycles. The van der Waals surface area contributed by atoms with Gasteiger partial charge in [-0.15, -0.1) is 0 Å². The average molecular weight is 444 g/mol. The van der Waals surface area contributed by atoms with Gasteiger partial charge in [0.05, 0.1) is 16.6 Å². The first-order chi connectivity index (χ1) is 15.3. The zero-order valence-corrected chi connectivity index (χ0v) is 17.3. The van der Waals surface area contributed by atoms with Crippen LogP contribution in [0.4, 0.5) is 24.7 Å². The second-order valence-electron chi connectivity index (χ2n) is 7.68. The van der Waals surface area contributed by atoms with Crippen LogP contribution in [0.15, 0.2) is 54.6 Å². The SMILES string of the molecule is O=C(O)c1cc(NCCN2CCN(c3cccc(C(F)(F)F)c3)CC2)nc2ccccc12. The number of nitrogens with zero attached hydrogens (tertiary/aromatic N) is 3. The molecule has 0 saturated carbocycles. The second kappa shape index (κ2) is 9.04. The smallest absolute Gasteiger partial charge is 0.416 e. The van der Waals surface area contributed by atoms with E-state index < -0.39 is 17.7 Å². The third kappa shape index (κ3) is 4.94. The summed E-state index contributed by atoms with van der Waals surface area (Å²) < 4.78 is 38.9. The van der Waals surface area contributed by atoms with Crippen LogP contribution >= 0.6 is 0 Å². The molecule has 168 valence electrons. The number of carboxylic acids is 1. The largest absolute Gasteiger partial charge is 0.478 e. The van der Waals surface area contributed by atoms with Crippen LogP contribution in [0.1, 0.15) is 15.9 Å². The van der Waals surface area contributed by atoms with Gasteiger partial charge < -0.3 is 15.3 Å². The molecule has 0 bridgehead atoms. The van der Waals surface area contributed by atoms with Crippen LogP contribution in [0, 0.1) is 0 Å². The zero-order valence-electron chi connectivity index (χ0n) is 17.3. The van der Waals surface area contributed by atoms with Crippen molar-refractivity contribution in [3.05, 3.63) is 65.7 Å². The van der Waals surface area contributed by atoms with E-state index in [1.54, 1.807) is 24.3 Å². The Hall–Kier alpha value is -3.33. The molecule has 0 atom stereocenters. The summed E-state index contributed by atoms with van der Waals surface area (Å²) in [6, 6.07) is 14.1. The van der Waals surface area contributed by atoms with Gasteiger partial charge in [0.25, 0.3) is 0 Å². The highest BCUT2D eigenvalue weighted by atomic mass is 19.4. The van der Waals surface area contributed by atoms with Gasteiger partial charge in [-0.1, -0.05) is 24.3 Å². The molecule has 1 aromatic heterocycles. The third-order valence-electron chi connectivity index (χ3n) is 5.59. The molecule has 1 aliphatic rings. The number of aromatic carboxylic acids is 1. The van der Waals surface area contributed by atoms with Crippen molar-refractivity contribution in [1.29, 1.82) is 0 Å². The minimum absolute atomic E-state index is 0.202. The van der Waals surface area contributed by atoms with Gasteiger partial charge in [-0.05, 0) is 30.3 Å². The zero-order chi connectivity index (χ0) is 22.7. The van der Waals surface area contributed by atoms with Crippen molar-refractivity contribution < 1.29 is 23.1 Å². The van der Waals surface area contributed by atoms with E-state index in [2.05, 4.69) is 15.2 Å². The lowest BCUT2D eigenvalue weighted by atomic mass is 10.1. The molecule has 1 saturated heterocycles. The first-order valence-electron chi connectivity index (χ1n) is 10.3. The Morgan fingerprint density at radius 2 is 1.78 bits per heavy atom. The highest BCUT2D eigenvalue weighted by Crippen LogP contribution is 2.31. The Morgan fingerprint density at radius 1 is 1.03 bits per heavy atom. The fourth-order valence-corrected chi connectivity index (χ4v) is 3.89. The number of alkyl halides is 3. The highest BCUT2D eigenvalue weighted by molar-refractivity contribution is 6.03. The minimum atomic E-state index is -4.35. The van der Waals surface area contributed by atoms with Crippen LogP contribution in [-0.4, -0.2) is 60.2 Å². The van der Waals surface area contributed by atoms with Gasteiger partial charge in [0.1, 0.15) is 5.82 Å². The highest BCUT2D eigenvalue weighted by Gasteiger charge is 2.31. The molecular weight excluding hydrogens is 421 g/mol. The van der Waals surface area contributed by atoms with Gasteiger partial charge in [-0.3, -0.25) is 4.90 Å². The standard InChI is InChI=1S/C23H23F3N4O2/c24-23(25,26)16-4-3-5-17(14-16)30-12-10-29(11-13-30)9-8-27-21-15-19(22(31)32)18-6-1-2-7-20(18)28-21/h1-7,14-15H,8-13H2,(H,27,28)(H,31,32). The van der Waals surface area contributed by atoms with E-state index in [9.17, 15) is 23.1 Å². The fourth-order valence-electron chi connectivity index (χ4n) is 3.89. The number of piperazine rings is 1. The number of rotatable bonds is 6. The number of fused-ring (bicyclic) bond motifs is 1. The summed E-state index contributed by atoms with van der Waals surface area (Å²) in [7, 11) is 0. The number of pyridine rings is 1. The van der Waals surface area contributed by atoms with Gasteiger partial charge >= 0.3 is 12.1 Å². The van der Waals surface area contributed by atoms with E-state index in [0.717, 1.165) is 19.2 Å². The van der Waals surface area contributed by atoms with E-state index in [1.807, 2.05) is 11.0 Å². The van der Waals surface area contributed by atoms with Gasteiger partial charge in [0.15, 0.2) is 0 Å². The molecule has 3 aromatic rings. The van der Waals surface area contributed by atoms with Crippen molar-refractivity contribution >= 4 is 28.4 Å². The van der Waals surface area contributed by atoms with Gasteiger partial charge in [0, 0.05) is 50.3 Å². The number of hydrogen-bond acceptors (Lipinski definition) is 5. The van der Waals surface area contributed by atoms with Crippen LogP contribution in [0.25, 0.3) is 10.9 Å². The Bertz CT molecular complexity index is 1110. The third-order valence-corrected chi connectivity index (χ3v) is 5.59. The monoisotopic (exact) mass is 444 g/mol. The summed E-state index contributed by atoms with van der Waals surface area (Å²) >= 11 is 0. The number of benzene rings is 2. The summed E-state index contributed by atoms with van der Waals surface area (Å²) in [5.41, 5.74) is 0.766. The van der Waals surface area contributed by atoms with E-state index in [0.29, 0.717) is 48.6 Å². The quantitative estimate of drug-likeness (QED) is 0.595. The van der Waals surface area contributed by atoms with Crippen LogP contribution < -0.4 is 10.2 Å². The number of aromatic nitrogens is 1. The molecule has 4 rings (SSSR count). The molecule has 1 fully saturated rings. The molecule has 2 N–H and O–H groups in total. The van der Waals surface area contributed by atoms with E-state index in [4.69, 9.17) is 0 Å². The number of halogens is 3. The number of anilines is 2. The second-order valence-corrected chi connectivity index (χ2v) is 7.68. The first-order valence-corrected chi connectivity index (χ1v) is 10.3. The molecule has 32 heavy (non-hydrogen) atoms. The maximum atomic E-state index is 13.0. The number of hydrogen-bond donors (Lipinski definition) is 2.